The highest BCUT2D eigenvalue weighted by molar-refractivity contribution is 6.33. The summed E-state index contributed by atoms with van der Waals surface area (Å²) in [4.78, 5) is 27.2. The fourth-order valence-corrected chi connectivity index (χ4v) is 3.76. The van der Waals surface area contributed by atoms with E-state index in [4.69, 9.17) is 16.3 Å². The predicted molar refractivity (Wildman–Crippen MR) is 109 cm³/mol. The van der Waals surface area contributed by atoms with Gasteiger partial charge in [-0.25, -0.2) is 9.48 Å². The molecule has 3 aromatic rings. The lowest BCUT2D eigenvalue weighted by molar-refractivity contribution is 0.0513. The maximum absolute atomic E-state index is 13.0. The van der Waals surface area contributed by atoms with Crippen molar-refractivity contribution in [3.05, 3.63) is 82.1 Å². The van der Waals surface area contributed by atoms with Crippen LogP contribution in [0.4, 0.5) is 0 Å². The molecule has 148 valence electrons. The lowest BCUT2D eigenvalue weighted by atomic mass is 10.0. The van der Waals surface area contributed by atoms with Crippen LogP contribution in [0, 0.1) is 0 Å². The van der Waals surface area contributed by atoms with Gasteiger partial charge in [0, 0.05) is 18.5 Å². The molecule has 1 aromatic heterocycles. The van der Waals surface area contributed by atoms with E-state index in [0.717, 1.165) is 16.9 Å². The molecule has 0 fully saturated rings. The number of rotatable bonds is 4. The van der Waals surface area contributed by atoms with Gasteiger partial charge in [0.2, 0.25) is 0 Å². The summed E-state index contributed by atoms with van der Waals surface area (Å²) < 4.78 is 6.98. The topological polar surface area (TPSA) is 64.4 Å². The zero-order valence-corrected chi connectivity index (χ0v) is 16.7. The largest absolute Gasteiger partial charge is 0.461 e. The van der Waals surface area contributed by atoms with Crippen molar-refractivity contribution in [1.29, 1.82) is 0 Å². The zero-order valence-electron chi connectivity index (χ0n) is 16.0. The van der Waals surface area contributed by atoms with Crippen LogP contribution in [0.3, 0.4) is 0 Å². The Morgan fingerprint density at radius 3 is 2.55 bits per heavy atom. The van der Waals surface area contributed by atoms with Crippen LogP contribution in [0.25, 0.3) is 5.69 Å². The molecular formula is C22H20ClN3O3. The van der Waals surface area contributed by atoms with Crippen molar-refractivity contribution in [3.8, 4) is 5.69 Å². The molecule has 1 aliphatic heterocycles. The summed E-state index contributed by atoms with van der Waals surface area (Å²) in [6, 6.07) is 16.6. The van der Waals surface area contributed by atoms with Crippen LogP contribution < -0.4 is 0 Å². The summed E-state index contributed by atoms with van der Waals surface area (Å²) >= 11 is 6.21. The van der Waals surface area contributed by atoms with Crippen molar-refractivity contribution in [1.82, 2.24) is 14.7 Å². The molecule has 29 heavy (non-hydrogen) atoms. The van der Waals surface area contributed by atoms with Gasteiger partial charge in [-0.3, -0.25) is 4.79 Å². The summed E-state index contributed by atoms with van der Waals surface area (Å²) in [6.07, 6.45) is 0.576. The third kappa shape index (κ3) is 3.63. The van der Waals surface area contributed by atoms with E-state index in [-0.39, 0.29) is 24.8 Å². The second-order valence-electron chi connectivity index (χ2n) is 6.70. The Morgan fingerprint density at radius 2 is 1.83 bits per heavy atom. The molecule has 1 aliphatic rings. The molecule has 2 heterocycles. The van der Waals surface area contributed by atoms with Crippen LogP contribution in [0.2, 0.25) is 5.02 Å². The summed E-state index contributed by atoms with van der Waals surface area (Å²) in [5.74, 6) is -0.644. The average Bonchev–Trinajstić information content (AvgIpc) is 3.13. The number of ether oxygens (including phenoxy) is 1. The zero-order chi connectivity index (χ0) is 20.4. The van der Waals surface area contributed by atoms with Crippen molar-refractivity contribution in [2.75, 3.05) is 13.2 Å². The first-order valence-electron chi connectivity index (χ1n) is 9.47. The molecule has 0 bridgehead atoms. The molecule has 4 rings (SSSR count). The van der Waals surface area contributed by atoms with Gasteiger partial charge in [0.15, 0.2) is 5.69 Å². The smallest absolute Gasteiger partial charge is 0.359 e. The van der Waals surface area contributed by atoms with Crippen LogP contribution in [0.1, 0.15) is 39.0 Å². The first-order valence-corrected chi connectivity index (χ1v) is 9.85. The van der Waals surface area contributed by atoms with Gasteiger partial charge >= 0.3 is 5.97 Å². The molecular weight excluding hydrogens is 390 g/mol. The number of hydrogen-bond donors (Lipinski definition) is 0. The standard InChI is InChI=1S/C22H20ClN3O3/c1-2-29-22(28)20-17-14-25(21(27)16-10-6-7-11-18(16)23)13-12-19(17)26(24-20)15-8-4-3-5-9-15/h3-11H,2,12-14H2,1H3. The molecule has 0 aliphatic carbocycles. The van der Waals surface area contributed by atoms with Gasteiger partial charge in [-0.1, -0.05) is 41.9 Å². The Kier molecular flexibility index (Phi) is 5.36. The number of aromatic nitrogens is 2. The van der Waals surface area contributed by atoms with E-state index < -0.39 is 5.97 Å². The molecule has 0 radical (unpaired) electrons. The van der Waals surface area contributed by atoms with Gasteiger partial charge in [-0.05, 0) is 31.2 Å². The number of para-hydroxylation sites is 1. The van der Waals surface area contributed by atoms with E-state index in [0.29, 0.717) is 23.6 Å². The molecule has 1 amide bonds. The Labute approximate surface area is 173 Å². The maximum Gasteiger partial charge on any atom is 0.359 e. The van der Waals surface area contributed by atoms with Gasteiger partial charge < -0.3 is 9.64 Å². The third-order valence-corrected chi connectivity index (χ3v) is 5.25. The maximum atomic E-state index is 13.0. The molecule has 0 spiro atoms. The van der Waals surface area contributed by atoms with Crippen molar-refractivity contribution in [2.24, 2.45) is 0 Å². The monoisotopic (exact) mass is 409 g/mol. The normalized spacial score (nSPS) is 13.1. The SMILES string of the molecule is CCOC(=O)c1nn(-c2ccccc2)c2c1CN(C(=O)c1ccccc1Cl)CC2. The second kappa shape index (κ2) is 8.09. The second-order valence-corrected chi connectivity index (χ2v) is 7.11. The highest BCUT2D eigenvalue weighted by atomic mass is 35.5. The number of esters is 1. The van der Waals surface area contributed by atoms with Crippen LogP contribution in [0.5, 0.6) is 0 Å². The molecule has 0 N–H and O–H groups in total. The number of hydrogen-bond acceptors (Lipinski definition) is 4. The Balaban J connectivity index is 1.73. The molecule has 0 saturated heterocycles. The number of benzene rings is 2. The average molecular weight is 410 g/mol. The van der Waals surface area contributed by atoms with Crippen molar-refractivity contribution in [3.63, 3.8) is 0 Å². The van der Waals surface area contributed by atoms with Crippen molar-refractivity contribution >= 4 is 23.5 Å². The Bertz CT molecular complexity index is 1060. The number of carbonyl (C=O) groups excluding carboxylic acids is 2. The summed E-state index contributed by atoms with van der Waals surface area (Å²) in [6.45, 7) is 2.80. The van der Waals surface area contributed by atoms with E-state index in [2.05, 4.69) is 5.10 Å². The van der Waals surface area contributed by atoms with Gasteiger partial charge in [-0.2, -0.15) is 5.10 Å². The number of fused-ring (bicyclic) bond motifs is 1. The lowest BCUT2D eigenvalue weighted by Gasteiger charge is -2.28. The minimum atomic E-state index is -0.481. The van der Waals surface area contributed by atoms with E-state index in [1.165, 1.54) is 0 Å². The van der Waals surface area contributed by atoms with Crippen LogP contribution in [-0.2, 0) is 17.7 Å². The minimum Gasteiger partial charge on any atom is -0.461 e. The molecule has 0 saturated carbocycles. The first-order chi connectivity index (χ1) is 14.1. The van der Waals surface area contributed by atoms with E-state index in [9.17, 15) is 9.59 Å². The lowest BCUT2D eigenvalue weighted by Crippen LogP contribution is -2.37. The number of carbonyl (C=O) groups is 2. The van der Waals surface area contributed by atoms with Crippen molar-refractivity contribution < 1.29 is 14.3 Å². The number of halogens is 1. The molecule has 0 unspecified atom stereocenters. The fraction of sp³-hybridized carbons (Fsp3) is 0.227. The van der Waals surface area contributed by atoms with Crippen molar-refractivity contribution in [2.45, 2.75) is 19.9 Å². The fourth-order valence-electron chi connectivity index (χ4n) is 3.54. The summed E-state index contributed by atoms with van der Waals surface area (Å²) in [5, 5.41) is 4.95. The van der Waals surface area contributed by atoms with E-state index in [1.807, 2.05) is 30.3 Å². The Hall–Kier alpha value is -3.12. The first kappa shape index (κ1) is 19.2. The van der Waals surface area contributed by atoms with Crippen LogP contribution >= 0.6 is 11.6 Å². The highest BCUT2D eigenvalue weighted by Crippen LogP contribution is 2.28. The molecule has 6 nitrogen and oxygen atoms in total. The predicted octanol–water partition coefficient (Wildman–Crippen LogP) is 3.90. The van der Waals surface area contributed by atoms with Gasteiger partial charge in [0.25, 0.3) is 5.91 Å². The number of amides is 1. The molecule has 7 heteroatoms. The summed E-state index contributed by atoms with van der Waals surface area (Å²) in [7, 11) is 0. The molecule has 0 atom stereocenters. The van der Waals surface area contributed by atoms with Crippen LogP contribution in [-0.4, -0.2) is 39.7 Å². The van der Waals surface area contributed by atoms with Gasteiger partial charge in [0.1, 0.15) is 0 Å². The number of nitrogens with zero attached hydrogens (tertiary/aromatic N) is 3. The third-order valence-electron chi connectivity index (χ3n) is 4.92. The Morgan fingerprint density at radius 1 is 1.10 bits per heavy atom. The van der Waals surface area contributed by atoms with Gasteiger partial charge in [-0.15, -0.1) is 0 Å². The minimum absolute atomic E-state index is 0.163. The summed E-state index contributed by atoms with van der Waals surface area (Å²) in [5.41, 5.74) is 3.21. The quantitative estimate of drug-likeness (QED) is 0.613. The van der Waals surface area contributed by atoms with Crippen LogP contribution in [0.15, 0.2) is 54.6 Å². The molecule has 2 aromatic carbocycles. The van der Waals surface area contributed by atoms with E-state index >= 15 is 0 Å². The highest BCUT2D eigenvalue weighted by Gasteiger charge is 2.32. The van der Waals surface area contributed by atoms with E-state index in [1.54, 1.807) is 40.8 Å². The van der Waals surface area contributed by atoms with Gasteiger partial charge in [0.05, 0.1) is 35.1 Å².